The van der Waals surface area contributed by atoms with Crippen LogP contribution in [0.2, 0.25) is 0 Å². The van der Waals surface area contributed by atoms with Crippen molar-refractivity contribution in [2.24, 2.45) is 0 Å². The summed E-state index contributed by atoms with van der Waals surface area (Å²) < 4.78 is 1.15. The van der Waals surface area contributed by atoms with Gasteiger partial charge in [-0.1, -0.05) is 22.9 Å². The van der Waals surface area contributed by atoms with E-state index in [0.29, 0.717) is 5.54 Å². The minimum Gasteiger partial charge on any atom is -0.372 e. The first-order valence-corrected chi connectivity index (χ1v) is 8.65. The van der Waals surface area contributed by atoms with E-state index in [1.807, 2.05) is 0 Å². The molecule has 0 radical (unpaired) electrons. The van der Waals surface area contributed by atoms with Gasteiger partial charge in [-0.25, -0.2) is 0 Å². The molecule has 0 aliphatic heterocycles. The molecule has 1 aromatic rings. The Morgan fingerprint density at radius 3 is 2.48 bits per heavy atom. The van der Waals surface area contributed by atoms with Crippen molar-refractivity contribution in [3.63, 3.8) is 0 Å². The average molecular weight is 354 g/mol. The molecule has 3 nitrogen and oxygen atoms in total. The molecule has 0 saturated heterocycles. The van der Waals surface area contributed by atoms with E-state index >= 15 is 0 Å². The summed E-state index contributed by atoms with van der Waals surface area (Å²) >= 11 is 3.59. The van der Waals surface area contributed by atoms with Crippen molar-refractivity contribution in [3.05, 3.63) is 28.2 Å². The van der Waals surface area contributed by atoms with Gasteiger partial charge in [0.25, 0.3) is 0 Å². The fourth-order valence-electron chi connectivity index (χ4n) is 3.19. The minimum absolute atomic E-state index is 0.358. The van der Waals surface area contributed by atoms with E-state index in [9.17, 15) is 0 Å². The van der Waals surface area contributed by atoms with Crippen LogP contribution in [-0.2, 0) is 6.54 Å². The topological polar surface area (TPSA) is 18.5 Å². The fraction of sp³-hybridized carbons (Fsp3) is 0.647. The Labute approximate surface area is 137 Å². The van der Waals surface area contributed by atoms with Crippen LogP contribution in [0, 0.1) is 0 Å². The molecule has 0 bridgehead atoms. The normalized spacial score (nSPS) is 16.9. The Kier molecular flexibility index (Phi) is 5.69. The molecule has 0 atom stereocenters. The monoisotopic (exact) mass is 353 g/mol. The second-order valence-electron chi connectivity index (χ2n) is 6.38. The highest BCUT2D eigenvalue weighted by Gasteiger charge is 2.40. The number of nitrogens with one attached hydrogen (secondary N) is 1. The van der Waals surface area contributed by atoms with Gasteiger partial charge in [0, 0.05) is 35.8 Å². The molecule has 0 aromatic heterocycles. The van der Waals surface area contributed by atoms with Crippen molar-refractivity contribution < 1.29 is 0 Å². The number of rotatable bonds is 7. The zero-order valence-corrected chi connectivity index (χ0v) is 15.3. The number of halogens is 1. The van der Waals surface area contributed by atoms with Gasteiger partial charge in [0.05, 0.1) is 0 Å². The molecule has 0 amide bonds. The van der Waals surface area contributed by atoms with Crippen LogP contribution in [0.4, 0.5) is 5.69 Å². The highest BCUT2D eigenvalue weighted by atomic mass is 79.9. The zero-order chi connectivity index (χ0) is 15.5. The van der Waals surface area contributed by atoms with Gasteiger partial charge < -0.3 is 15.1 Å². The van der Waals surface area contributed by atoms with Crippen LogP contribution >= 0.6 is 15.9 Å². The summed E-state index contributed by atoms with van der Waals surface area (Å²) in [5.74, 6) is 0. The summed E-state index contributed by atoms with van der Waals surface area (Å²) in [5, 5.41) is 3.44. The number of hydrogen-bond donors (Lipinski definition) is 1. The predicted molar refractivity (Wildman–Crippen MR) is 95.1 cm³/mol. The summed E-state index contributed by atoms with van der Waals surface area (Å²) in [4.78, 5) is 4.84. The van der Waals surface area contributed by atoms with Crippen LogP contribution in [0.1, 0.15) is 31.7 Å². The van der Waals surface area contributed by atoms with E-state index in [4.69, 9.17) is 0 Å². The second-order valence-corrected chi connectivity index (χ2v) is 7.30. The SMILES string of the molecule is CCNCc1cc(Br)ccc1N(C)CC1(N(C)C)CCC1. The van der Waals surface area contributed by atoms with Crippen LogP contribution in [0.15, 0.2) is 22.7 Å². The summed E-state index contributed by atoms with van der Waals surface area (Å²) in [7, 11) is 6.66. The van der Waals surface area contributed by atoms with Gasteiger partial charge in [-0.3, -0.25) is 0 Å². The van der Waals surface area contributed by atoms with Gasteiger partial charge in [-0.15, -0.1) is 0 Å². The van der Waals surface area contributed by atoms with Gasteiger partial charge in [0.1, 0.15) is 0 Å². The van der Waals surface area contributed by atoms with E-state index < -0.39 is 0 Å². The van der Waals surface area contributed by atoms with E-state index in [0.717, 1.165) is 24.1 Å². The molecule has 21 heavy (non-hydrogen) atoms. The minimum atomic E-state index is 0.358. The molecular formula is C17H28BrN3. The number of benzene rings is 1. The largest absolute Gasteiger partial charge is 0.372 e. The first-order chi connectivity index (χ1) is 9.98. The van der Waals surface area contributed by atoms with Gasteiger partial charge in [0.2, 0.25) is 0 Å². The van der Waals surface area contributed by atoms with Crippen LogP contribution in [-0.4, -0.2) is 44.7 Å². The van der Waals surface area contributed by atoms with Crippen molar-refractivity contribution in [1.29, 1.82) is 0 Å². The molecule has 0 spiro atoms. The smallest absolute Gasteiger partial charge is 0.0410 e. The summed E-state index contributed by atoms with van der Waals surface area (Å²) in [6, 6.07) is 6.61. The molecule has 0 heterocycles. The van der Waals surface area contributed by atoms with Crippen molar-refractivity contribution in [2.75, 3.05) is 39.1 Å². The van der Waals surface area contributed by atoms with Crippen LogP contribution in [0.3, 0.4) is 0 Å². The highest BCUT2D eigenvalue weighted by molar-refractivity contribution is 9.10. The molecule has 1 aliphatic carbocycles. The molecule has 4 heteroatoms. The van der Waals surface area contributed by atoms with Gasteiger partial charge >= 0.3 is 0 Å². The third-order valence-corrected chi connectivity index (χ3v) is 5.28. The molecule has 1 fully saturated rings. The van der Waals surface area contributed by atoms with Gasteiger partial charge in [-0.2, -0.15) is 0 Å². The van der Waals surface area contributed by atoms with Crippen LogP contribution < -0.4 is 10.2 Å². The quantitative estimate of drug-likeness (QED) is 0.809. The molecule has 1 aliphatic rings. The number of hydrogen-bond acceptors (Lipinski definition) is 3. The highest BCUT2D eigenvalue weighted by Crippen LogP contribution is 2.38. The maximum atomic E-state index is 3.59. The molecule has 2 rings (SSSR count). The Morgan fingerprint density at radius 2 is 1.95 bits per heavy atom. The first kappa shape index (κ1) is 16.8. The summed E-state index contributed by atoms with van der Waals surface area (Å²) in [5.41, 5.74) is 3.06. The van der Waals surface area contributed by atoms with Crippen molar-refractivity contribution >= 4 is 21.6 Å². The Bertz CT molecular complexity index is 469. The van der Waals surface area contributed by atoms with E-state index in [2.05, 4.69) is 77.3 Å². The first-order valence-electron chi connectivity index (χ1n) is 7.86. The van der Waals surface area contributed by atoms with Crippen LogP contribution in [0.5, 0.6) is 0 Å². The molecular weight excluding hydrogens is 326 g/mol. The van der Waals surface area contributed by atoms with Gasteiger partial charge in [-0.05, 0) is 63.7 Å². The third kappa shape index (κ3) is 3.79. The molecule has 118 valence electrons. The Balaban J connectivity index is 2.16. The van der Waals surface area contributed by atoms with Crippen LogP contribution in [0.25, 0.3) is 0 Å². The lowest BCUT2D eigenvalue weighted by atomic mass is 9.75. The second kappa shape index (κ2) is 7.12. The molecule has 1 aromatic carbocycles. The van der Waals surface area contributed by atoms with E-state index in [-0.39, 0.29) is 0 Å². The van der Waals surface area contributed by atoms with Gasteiger partial charge in [0.15, 0.2) is 0 Å². The lowest BCUT2D eigenvalue weighted by molar-refractivity contribution is 0.0683. The lowest BCUT2D eigenvalue weighted by Crippen LogP contribution is -2.56. The number of nitrogens with zero attached hydrogens (tertiary/aromatic N) is 2. The zero-order valence-electron chi connectivity index (χ0n) is 13.7. The number of anilines is 1. The van der Waals surface area contributed by atoms with E-state index in [1.54, 1.807) is 0 Å². The fourth-order valence-corrected chi connectivity index (χ4v) is 3.59. The van der Waals surface area contributed by atoms with Crippen molar-refractivity contribution in [1.82, 2.24) is 10.2 Å². The third-order valence-electron chi connectivity index (χ3n) is 4.78. The molecule has 1 N–H and O–H groups in total. The maximum Gasteiger partial charge on any atom is 0.0410 e. The summed E-state index contributed by atoms with van der Waals surface area (Å²) in [6.45, 7) is 5.17. The van der Waals surface area contributed by atoms with Crippen molar-refractivity contribution in [2.45, 2.75) is 38.3 Å². The Morgan fingerprint density at radius 1 is 1.24 bits per heavy atom. The number of likely N-dealkylation sites (N-methyl/N-ethyl adjacent to an activating group) is 2. The summed E-state index contributed by atoms with van der Waals surface area (Å²) in [6.07, 6.45) is 3.98. The lowest BCUT2D eigenvalue weighted by Gasteiger charge is -2.49. The molecule has 0 unspecified atom stereocenters. The maximum absolute atomic E-state index is 3.59. The average Bonchev–Trinajstić information content (AvgIpc) is 2.39. The Hall–Kier alpha value is -0.580. The predicted octanol–water partition coefficient (Wildman–Crippen LogP) is 3.48. The van der Waals surface area contributed by atoms with Crippen molar-refractivity contribution in [3.8, 4) is 0 Å². The molecule has 1 saturated carbocycles. The van der Waals surface area contributed by atoms with E-state index in [1.165, 1.54) is 30.5 Å². The standard InChI is InChI=1S/C17H28BrN3/c1-5-19-12-14-11-15(18)7-8-16(14)21(4)13-17(20(2)3)9-6-10-17/h7-8,11,19H,5-6,9-10,12-13H2,1-4H3.